The van der Waals surface area contributed by atoms with Crippen molar-refractivity contribution in [1.29, 1.82) is 0 Å². The number of likely N-dealkylation sites (N-methyl/N-ethyl adjacent to an activating group) is 1. The van der Waals surface area contributed by atoms with Crippen molar-refractivity contribution in [3.8, 4) is 5.75 Å². The first-order valence-corrected chi connectivity index (χ1v) is 6.55. The van der Waals surface area contributed by atoms with E-state index in [-0.39, 0.29) is 6.04 Å². The Morgan fingerprint density at radius 1 is 1.28 bits per heavy atom. The van der Waals surface area contributed by atoms with E-state index in [1.54, 1.807) is 7.11 Å². The number of hydrogen-bond acceptors (Lipinski definition) is 3. The number of nitrogens with zero attached hydrogens (tertiary/aromatic N) is 1. The maximum atomic E-state index is 5.81. The predicted octanol–water partition coefficient (Wildman–Crippen LogP) is 2.60. The first kappa shape index (κ1) is 15.0. The van der Waals surface area contributed by atoms with Gasteiger partial charge in [0.1, 0.15) is 5.75 Å². The normalized spacial score (nSPS) is 13.1. The topological polar surface area (TPSA) is 38.5 Å². The number of benzene rings is 1. The highest BCUT2D eigenvalue weighted by atomic mass is 16.5. The van der Waals surface area contributed by atoms with E-state index in [1.165, 1.54) is 11.1 Å². The van der Waals surface area contributed by atoms with E-state index in [2.05, 4.69) is 44.0 Å². The summed E-state index contributed by atoms with van der Waals surface area (Å²) in [6.07, 6.45) is 0. The Morgan fingerprint density at radius 3 is 2.44 bits per heavy atom. The molecule has 2 N–H and O–H groups in total. The Kier molecular flexibility index (Phi) is 5.63. The summed E-state index contributed by atoms with van der Waals surface area (Å²) >= 11 is 0. The quantitative estimate of drug-likeness (QED) is 0.843. The lowest BCUT2D eigenvalue weighted by Crippen LogP contribution is -2.32. The summed E-state index contributed by atoms with van der Waals surface area (Å²) in [7, 11) is 3.81. The molecule has 0 fully saturated rings. The van der Waals surface area contributed by atoms with Crippen molar-refractivity contribution in [2.45, 2.75) is 39.3 Å². The summed E-state index contributed by atoms with van der Waals surface area (Å²) in [5.41, 5.74) is 8.33. The molecular formula is C15H26N2O. The van der Waals surface area contributed by atoms with Gasteiger partial charge >= 0.3 is 0 Å². The molecule has 1 aromatic carbocycles. The number of hydrogen-bond donors (Lipinski definition) is 1. The molecule has 0 bridgehead atoms. The van der Waals surface area contributed by atoms with Gasteiger partial charge in [0, 0.05) is 24.7 Å². The molecule has 1 aromatic rings. The Hall–Kier alpha value is -1.06. The summed E-state index contributed by atoms with van der Waals surface area (Å²) in [6, 6.07) is 6.67. The van der Waals surface area contributed by atoms with Gasteiger partial charge in [-0.15, -0.1) is 0 Å². The first-order valence-electron chi connectivity index (χ1n) is 6.55. The van der Waals surface area contributed by atoms with Gasteiger partial charge in [-0.1, -0.05) is 26.0 Å². The van der Waals surface area contributed by atoms with Crippen LogP contribution in [0.3, 0.4) is 0 Å². The largest absolute Gasteiger partial charge is 0.496 e. The Morgan fingerprint density at radius 2 is 1.94 bits per heavy atom. The average Bonchev–Trinajstić information content (AvgIpc) is 2.27. The van der Waals surface area contributed by atoms with Gasteiger partial charge in [-0.25, -0.2) is 0 Å². The van der Waals surface area contributed by atoms with E-state index >= 15 is 0 Å². The Bertz CT molecular complexity index is 375. The van der Waals surface area contributed by atoms with Gasteiger partial charge in [-0.05, 0) is 31.5 Å². The molecule has 0 heterocycles. The molecule has 0 radical (unpaired) electrons. The zero-order chi connectivity index (χ0) is 13.7. The second kappa shape index (κ2) is 6.76. The molecule has 3 heteroatoms. The van der Waals surface area contributed by atoms with E-state index in [9.17, 15) is 0 Å². The lowest BCUT2D eigenvalue weighted by molar-refractivity contribution is 0.302. The van der Waals surface area contributed by atoms with Gasteiger partial charge in [0.05, 0.1) is 7.11 Å². The third kappa shape index (κ3) is 4.31. The van der Waals surface area contributed by atoms with Crippen LogP contribution in [0.25, 0.3) is 0 Å². The summed E-state index contributed by atoms with van der Waals surface area (Å²) in [4.78, 5) is 2.22. The summed E-state index contributed by atoms with van der Waals surface area (Å²) in [6.45, 7) is 8.15. The van der Waals surface area contributed by atoms with E-state index in [1.807, 2.05) is 6.92 Å². The maximum Gasteiger partial charge on any atom is 0.123 e. The minimum atomic E-state index is 0.191. The molecule has 0 aliphatic carbocycles. The Balaban J connectivity index is 2.82. The molecule has 1 atom stereocenters. The predicted molar refractivity (Wildman–Crippen MR) is 77.1 cm³/mol. The molecule has 1 unspecified atom stereocenters. The van der Waals surface area contributed by atoms with Crippen LogP contribution >= 0.6 is 0 Å². The minimum absolute atomic E-state index is 0.191. The number of nitrogens with two attached hydrogens (primary N) is 1. The SMILES string of the molecule is COc1cc(C(C)C)ccc1CN(C)CC(C)N. The molecule has 3 nitrogen and oxygen atoms in total. The van der Waals surface area contributed by atoms with E-state index in [0.29, 0.717) is 5.92 Å². The van der Waals surface area contributed by atoms with Crippen molar-refractivity contribution in [3.63, 3.8) is 0 Å². The van der Waals surface area contributed by atoms with E-state index < -0.39 is 0 Å². The van der Waals surface area contributed by atoms with Crippen LogP contribution in [0.5, 0.6) is 5.75 Å². The molecule has 0 aliphatic rings. The molecule has 0 spiro atoms. The third-order valence-electron chi connectivity index (χ3n) is 3.02. The van der Waals surface area contributed by atoms with Crippen LogP contribution in [0, 0.1) is 0 Å². The van der Waals surface area contributed by atoms with Crippen LogP contribution < -0.4 is 10.5 Å². The fourth-order valence-electron chi connectivity index (χ4n) is 2.10. The van der Waals surface area contributed by atoms with Gasteiger partial charge in [-0.2, -0.15) is 0 Å². The highest BCUT2D eigenvalue weighted by molar-refractivity contribution is 5.38. The van der Waals surface area contributed by atoms with Crippen LogP contribution in [-0.2, 0) is 6.54 Å². The van der Waals surface area contributed by atoms with Crippen LogP contribution in [0.1, 0.15) is 37.8 Å². The third-order valence-corrected chi connectivity index (χ3v) is 3.02. The number of ether oxygens (including phenoxy) is 1. The average molecular weight is 250 g/mol. The zero-order valence-electron chi connectivity index (χ0n) is 12.2. The van der Waals surface area contributed by atoms with Crippen molar-refractivity contribution in [3.05, 3.63) is 29.3 Å². The van der Waals surface area contributed by atoms with Crippen LogP contribution in [0.2, 0.25) is 0 Å². The van der Waals surface area contributed by atoms with Crippen LogP contribution in [0.4, 0.5) is 0 Å². The zero-order valence-corrected chi connectivity index (χ0v) is 12.2. The maximum absolute atomic E-state index is 5.81. The van der Waals surface area contributed by atoms with Crippen LogP contribution in [-0.4, -0.2) is 31.6 Å². The summed E-state index contributed by atoms with van der Waals surface area (Å²) < 4.78 is 5.48. The second-order valence-electron chi connectivity index (χ2n) is 5.40. The smallest absolute Gasteiger partial charge is 0.123 e. The summed E-state index contributed by atoms with van der Waals surface area (Å²) in [5, 5.41) is 0. The van der Waals surface area contributed by atoms with Gasteiger partial charge < -0.3 is 15.4 Å². The molecule has 0 aliphatic heterocycles. The van der Waals surface area contributed by atoms with Crippen molar-refractivity contribution in [2.24, 2.45) is 5.73 Å². The monoisotopic (exact) mass is 250 g/mol. The van der Waals surface area contributed by atoms with Gasteiger partial charge in [-0.3, -0.25) is 0 Å². The Labute approximate surface area is 111 Å². The molecule has 0 saturated carbocycles. The molecule has 0 amide bonds. The van der Waals surface area contributed by atoms with Crippen molar-refractivity contribution in [2.75, 3.05) is 20.7 Å². The number of methoxy groups -OCH3 is 1. The molecule has 1 rings (SSSR count). The van der Waals surface area contributed by atoms with Crippen molar-refractivity contribution >= 4 is 0 Å². The van der Waals surface area contributed by atoms with E-state index in [0.717, 1.165) is 18.8 Å². The lowest BCUT2D eigenvalue weighted by atomic mass is 10.0. The second-order valence-corrected chi connectivity index (χ2v) is 5.40. The van der Waals surface area contributed by atoms with E-state index in [4.69, 9.17) is 10.5 Å². The van der Waals surface area contributed by atoms with Gasteiger partial charge in [0.2, 0.25) is 0 Å². The highest BCUT2D eigenvalue weighted by Gasteiger charge is 2.10. The molecule has 0 aromatic heterocycles. The molecular weight excluding hydrogens is 224 g/mol. The molecule has 18 heavy (non-hydrogen) atoms. The molecule has 0 saturated heterocycles. The highest BCUT2D eigenvalue weighted by Crippen LogP contribution is 2.25. The van der Waals surface area contributed by atoms with Gasteiger partial charge in [0.15, 0.2) is 0 Å². The minimum Gasteiger partial charge on any atom is -0.496 e. The summed E-state index contributed by atoms with van der Waals surface area (Å²) in [5.74, 6) is 1.49. The standard InChI is InChI=1S/C15H26N2O/c1-11(2)13-6-7-14(15(8-13)18-5)10-17(4)9-12(3)16/h6-8,11-12H,9-10,16H2,1-5H3. The first-order chi connectivity index (χ1) is 8.43. The molecule has 102 valence electrons. The lowest BCUT2D eigenvalue weighted by Gasteiger charge is -2.21. The van der Waals surface area contributed by atoms with Crippen molar-refractivity contribution in [1.82, 2.24) is 4.90 Å². The van der Waals surface area contributed by atoms with Gasteiger partial charge in [0.25, 0.3) is 0 Å². The van der Waals surface area contributed by atoms with Crippen molar-refractivity contribution < 1.29 is 4.74 Å². The number of rotatable bonds is 6. The van der Waals surface area contributed by atoms with Crippen LogP contribution in [0.15, 0.2) is 18.2 Å². The fraction of sp³-hybridized carbons (Fsp3) is 0.600. The fourth-order valence-corrected chi connectivity index (χ4v) is 2.10.